The van der Waals surface area contributed by atoms with Crippen molar-refractivity contribution >= 4 is 46.2 Å². The van der Waals surface area contributed by atoms with Gasteiger partial charge in [-0.15, -0.1) is 0 Å². The molecule has 3 atom stereocenters. The minimum absolute atomic E-state index is 0.193. The summed E-state index contributed by atoms with van der Waals surface area (Å²) in [5.74, 6) is -0.459. The van der Waals surface area contributed by atoms with Gasteiger partial charge >= 0.3 is 12.2 Å². The second kappa shape index (κ2) is 7.30. The van der Waals surface area contributed by atoms with Crippen LogP contribution < -0.4 is 9.80 Å². The first kappa shape index (κ1) is 18.5. The van der Waals surface area contributed by atoms with Crippen LogP contribution >= 0.6 is 22.6 Å². The van der Waals surface area contributed by atoms with Crippen molar-refractivity contribution in [1.29, 1.82) is 0 Å². The zero-order valence-corrected chi connectivity index (χ0v) is 16.5. The average molecular weight is 491 g/mol. The number of halogens is 2. The lowest BCUT2D eigenvalue weighted by Crippen LogP contribution is -2.52. The van der Waals surface area contributed by atoms with E-state index in [-0.39, 0.29) is 18.2 Å². The fourth-order valence-electron chi connectivity index (χ4n) is 3.86. The number of ether oxygens (including phenoxy) is 2. The molecule has 0 aromatic heterocycles. The Morgan fingerprint density at radius 2 is 2.15 bits per heavy atom. The summed E-state index contributed by atoms with van der Waals surface area (Å²) in [6.45, 7) is 1.86. The van der Waals surface area contributed by atoms with Gasteiger partial charge in [-0.25, -0.2) is 14.0 Å². The molecule has 1 N–H and O–H groups in total. The SMILES string of the molecule is O=C1OC(CI)CN1c1ccc(N2CC3OCCN(C(=O)O)C3C2)c(F)c1. The summed E-state index contributed by atoms with van der Waals surface area (Å²) in [6.07, 6.45) is -1.92. The molecule has 3 fully saturated rings. The highest BCUT2D eigenvalue weighted by atomic mass is 127. The first-order valence-electron chi connectivity index (χ1n) is 8.67. The number of carboxylic acid groups (broad SMARTS) is 1. The summed E-state index contributed by atoms with van der Waals surface area (Å²) < 4.78 is 26.4. The summed E-state index contributed by atoms with van der Waals surface area (Å²) in [4.78, 5) is 28.0. The third kappa shape index (κ3) is 3.40. The number of carbonyl (C=O) groups is 2. The minimum atomic E-state index is -0.983. The van der Waals surface area contributed by atoms with Crippen LogP contribution in [0.2, 0.25) is 0 Å². The molecule has 3 aliphatic heterocycles. The zero-order valence-electron chi connectivity index (χ0n) is 14.4. The predicted octanol–water partition coefficient (Wildman–Crippen LogP) is 2.15. The van der Waals surface area contributed by atoms with Crippen LogP contribution in [-0.2, 0) is 9.47 Å². The Kier molecular flexibility index (Phi) is 5.01. The van der Waals surface area contributed by atoms with E-state index < -0.39 is 18.0 Å². The van der Waals surface area contributed by atoms with Crippen molar-refractivity contribution in [3.8, 4) is 0 Å². The molecule has 0 saturated carbocycles. The topological polar surface area (TPSA) is 82.6 Å². The lowest BCUT2D eigenvalue weighted by atomic mass is 10.1. The van der Waals surface area contributed by atoms with Gasteiger partial charge in [-0.1, -0.05) is 22.6 Å². The van der Waals surface area contributed by atoms with Crippen molar-refractivity contribution < 1.29 is 28.6 Å². The number of carbonyl (C=O) groups excluding carboxylic acids is 1. The largest absolute Gasteiger partial charge is 0.465 e. The van der Waals surface area contributed by atoms with Gasteiger partial charge in [-0.05, 0) is 18.2 Å². The number of amides is 2. The van der Waals surface area contributed by atoms with Crippen LogP contribution in [0.4, 0.5) is 25.4 Å². The van der Waals surface area contributed by atoms with Crippen molar-refractivity contribution in [2.75, 3.05) is 47.0 Å². The molecule has 0 radical (unpaired) electrons. The van der Waals surface area contributed by atoms with E-state index in [1.165, 1.54) is 15.9 Å². The van der Waals surface area contributed by atoms with Gasteiger partial charge in [0.15, 0.2) is 0 Å². The van der Waals surface area contributed by atoms with Crippen molar-refractivity contribution in [3.05, 3.63) is 24.0 Å². The standard InChI is InChI=1S/C17H19FIN3O5/c18-12-5-10(22-7-11(6-19)27-17(22)25)1-2-13(12)20-8-14-15(9-20)26-4-3-21(14)16(23)24/h1-2,5,11,14-15H,3-4,6-9H2,(H,23,24). The third-order valence-corrected chi connectivity index (χ3v) is 6.16. The molecular formula is C17H19FIN3O5. The van der Waals surface area contributed by atoms with Crippen LogP contribution in [0.3, 0.4) is 0 Å². The molecule has 3 heterocycles. The smallest absolute Gasteiger partial charge is 0.414 e. The first-order chi connectivity index (χ1) is 13.0. The molecule has 0 bridgehead atoms. The van der Waals surface area contributed by atoms with E-state index in [0.717, 1.165) is 0 Å². The number of alkyl halides is 1. The maximum atomic E-state index is 14.8. The van der Waals surface area contributed by atoms with Gasteiger partial charge in [-0.3, -0.25) is 9.80 Å². The minimum Gasteiger partial charge on any atom is -0.465 e. The van der Waals surface area contributed by atoms with Crippen LogP contribution in [-0.4, -0.2) is 77.7 Å². The second-order valence-corrected chi connectivity index (χ2v) is 7.64. The highest BCUT2D eigenvalue weighted by molar-refractivity contribution is 14.1. The second-order valence-electron chi connectivity index (χ2n) is 6.76. The molecular weight excluding hydrogens is 472 g/mol. The van der Waals surface area contributed by atoms with Crippen molar-refractivity contribution in [2.24, 2.45) is 0 Å². The van der Waals surface area contributed by atoms with E-state index in [4.69, 9.17) is 9.47 Å². The van der Waals surface area contributed by atoms with Crippen molar-refractivity contribution in [2.45, 2.75) is 18.2 Å². The van der Waals surface area contributed by atoms with Gasteiger partial charge in [0.05, 0.1) is 36.7 Å². The molecule has 1 aromatic carbocycles. The molecule has 146 valence electrons. The lowest BCUT2D eigenvalue weighted by molar-refractivity contribution is -0.0376. The van der Waals surface area contributed by atoms with E-state index >= 15 is 0 Å². The Bertz CT molecular complexity index is 766. The number of cyclic esters (lactones) is 1. The Morgan fingerprint density at radius 1 is 1.33 bits per heavy atom. The van der Waals surface area contributed by atoms with E-state index in [1.54, 1.807) is 17.0 Å². The summed E-state index contributed by atoms with van der Waals surface area (Å²) in [7, 11) is 0. The van der Waals surface area contributed by atoms with Crippen LogP contribution in [0.5, 0.6) is 0 Å². The van der Waals surface area contributed by atoms with Gasteiger partial charge in [0.1, 0.15) is 11.9 Å². The van der Waals surface area contributed by atoms with Gasteiger partial charge in [0, 0.05) is 24.1 Å². The summed E-state index contributed by atoms with van der Waals surface area (Å²) in [5, 5.41) is 9.35. The Hall–Kier alpha value is -1.82. The lowest BCUT2D eigenvalue weighted by Gasteiger charge is -2.34. The molecule has 2 amide bonds. The molecule has 10 heteroatoms. The van der Waals surface area contributed by atoms with Crippen molar-refractivity contribution in [1.82, 2.24) is 4.90 Å². The van der Waals surface area contributed by atoms with Crippen molar-refractivity contribution in [3.63, 3.8) is 0 Å². The molecule has 3 unspecified atom stereocenters. The number of benzene rings is 1. The van der Waals surface area contributed by atoms with Crippen LogP contribution in [0.1, 0.15) is 0 Å². The van der Waals surface area contributed by atoms with E-state index in [1.807, 2.05) is 0 Å². The molecule has 27 heavy (non-hydrogen) atoms. The third-order valence-electron chi connectivity index (χ3n) is 5.18. The molecule has 1 aromatic rings. The van der Waals surface area contributed by atoms with Gasteiger partial charge in [-0.2, -0.15) is 0 Å². The zero-order chi connectivity index (χ0) is 19.1. The maximum Gasteiger partial charge on any atom is 0.414 e. The summed E-state index contributed by atoms with van der Waals surface area (Å²) in [5.41, 5.74) is 0.828. The van der Waals surface area contributed by atoms with E-state index in [2.05, 4.69) is 22.6 Å². The monoisotopic (exact) mass is 491 g/mol. The van der Waals surface area contributed by atoms with Gasteiger partial charge in [0.25, 0.3) is 0 Å². The van der Waals surface area contributed by atoms with Crippen LogP contribution in [0.15, 0.2) is 18.2 Å². The fourth-order valence-corrected chi connectivity index (χ4v) is 4.31. The number of hydrogen-bond acceptors (Lipinski definition) is 5. The molecule has 3 saturated heterocycles. The predicted molar refractivity (Wildman–Crippen MR) is 103 cm³/mol. The van der Waals surface area contributed by atoms with E-state index in [9.17, 15) is 19.1 Å². The first-order valence-corrected chi connectivity index (χ1v) is 10.2. The number of morpholine rings is 1. The van der Waals surface area contributed by atoms with Crippen LogP contribution in [0, 0.1) is 5.82 Å². The number of anilines is 2. The van der Waals surface area contributed by atoms with Gasteiger partial charge in [0.2, 0.25) is 0 Å². The average Bonchev–Trinajstić information content (AvgIpc) is 3.24. The Labute approximate surface area is 168 Å². The molecule has 8 nitrogen and oxygen atoms in total. The highest BCUT2D eigenvalue weighted by Crippen LogP contribution is 2.32. The fraction of sp³-hybridized carbons (Fsp3) is 0.529. The maximum absolute atomic E-state index is 14.8. The van der Waals surface area contributed by atoms with Crippen LogP contribution in [0.25, 0.3) is 0 Å². The summed E-state index contributed by atoms with van der Waals surface area (Å²) in [6, 6.07) is 4.32. The number of fused-ring (bicyclic) bond motifs is 1. The molecule has 0 aliphatic carbocycles. The molecule has 0 spiro atoms. The Morgan fingerprint density at radius 3 is 2.81 bits per heavy atom. The molecule has 3 aliphatic rings. The quantitative estimate of drug-likeness (QED) is 0.516. The Balaban J connectivity index is 1.52. The van der Waals surface area contributed by atoms with E-state index in [0.29, 0.717) is 48.6 Å². The molecule has 4 rings (SSSR count). The number of nitrogens with zero attached hydrogens (tertiary/aromatic N) is 3. The summed E-state index contributed by atoms with van der Waals surface area (Å²) >= 11 is 2.15. The number of hydrogen-bond donors (Lipinski definition) is 1. The number of rotatable bonds is 3. The highest BCUT2D eigenvalue weighted by Gasteiger charge is 2.43. The normalized spacial score (nSPS) is 27.7. The van der Waals surface area contributed by atoms with Gasteiger partial charge < -0.3 is 19.5 Å².